The molecule has 0 aromatic rings. The molecular weight excluding hydrogens is 230 g/mol. The lowest BCUT2D eigenvalue weighted by atomic mass is 10.3. The highest BCUT2D eigenvalue weighted by molar-refractivity contribution is 6.01. The SMILES string of the molecule is CC.CCCC(C)=O.CCCN1C(=O)CCC1=O. The fourth-order valence-corrected chi connectivity index (χ4v) is 1.45. The molecule has 18 heavy (non-hydrogen) atoms. The van der Waals surface area contributed by atoms with Crippen LogP contribution in [0.4, 0.5) is 0 Å². The number of carbonyl (C=O) groups excluding carboxylic acids is 3. The van der Waals surface area contributed by atoms with Gasteiger partial charge < -0.3 is 4.79 Å². The summed E-state index contributed by atoms with van der Waals surface area (Å²) in [7, 11) is 0. The van der Waals surface area contributed by atoms with Crippen LogP contribution < -0.4 is 0 Å². The maximum atomic E-state index is 10.9. The molecule has 0 aromatic carbocycles. The minimum Gasteiger partial charge on any atom is -0.300 e. The molecule has 0 radical (unpaired) electrons. The maximum Gasteiger partial charge on any atom is 0.229 e. The van der Waals surface area contributed by atoms with Gasteiger partial charge in [-0.25, -0.2) is 0 Å². The quantitative estimate of drug-likeness (QED) is 0.728. The Morgan fingerprint density at radius 2 is 1.50 bits per heavy atom. The Bertz CT molecular complexity index is 246. The van der Waals surface area contributed by atoms with E-state index in [0.717, 1.165) is 19.3 Å². The average molecular weight is 257 g/mol. The molecule has 4 nitrogen and oxygen atoms in total. The minimum absolute atomic E-state index is 0.00755. The normalized spacial score (nSPS) is 13.5. The van der Waals surface area contributed by atoms with E-state index in [4.69, 9.17) is 0 Å². The number of imide groups is 1. The maximum absolute atomic E-state index is 10.9. The third-order valence-electron chi connectivity index (χ3n) is 2.20. The molecule has 1 fully saturated rings. The molecule has 0 N–H and O–H groups in total. The first-order valence-corrected chi connectivity index (χ1v) is 6.85. The Morgan fingerprint density at radius 1 is 1.06 bits per heavy atom. The summed E-state index contributed by atoms with van der Waals surface area (Å²) in [5, 5.41) is 0. The van der Waals surface area contributed by atoms with Crippen molar-refractivity contribution in [3.63, 3.8) is 0 Å². The molecule has 0 saturated carbocycles. The van der Waals surface area contributed by atoms with Crippen molar-refractivity contribution in [3.05, 3.63) is 0 Å². The van der Waals surface area contributed by atoms with Gasteiger partial charge in [0.15, 0.2) is 0 Å². The van der Waals surface area contributed by atoms with Gasteiger partial charge in [-0.05, 0) is 19.8 Å². The van der Waals surface area contributed by atoms with E-state index in [1.54, 1.807) is 6.92 Å². The van der Waals surface area contributed by atoms with Crippen LogP contribution in [0.2, 0.25) is 0 Å². The van der Waals surface area contributed by atoms with E-state index in [1.807, 2.05) is 27.7 Å². The van der Waals surface area contributed by atoms with Crippen molar-refractivity contribution in [1.29, 1.82) is 0 Å². The highest BCUT2D eigenvalue weighted by Gasteiger charge is 2.27. The van der Waals surface area contributed by atoms with Crippen molar-refractivity contribution in [1.82, 2.24) is 4.90 Å². The van der Waals surface area contributed by atoms with E-state index in [0.29, 0.717) is 19.4 Å². The summed E-state index contributed by atoms with van der Waals surface area (Å²) < 4.78 is 0. The number of carbonyl (C=O) groups is 3. The van der Waals surface area contributed by atoms with Crippen LogP contribution in [0, 0.1) is 0 Å². The molecule has 0 aromatic heterocycles. The molecule has 106 valence electrons. The van der Waals surface area contributed by atoms with Crippen molar-refractivity contribution in [2.45, 2.75) is 66.7 Å². The van der Waals surface area contributed by atoms with Gasteiger partial charge in [-0.3, -0.25) is 14.5 Å². The lowest BCUT2D eigenvalue weighted by molar-refractivity contribution is -0.138. The molecule has 1 aliphatic heterocycles. The third kappa shape index (κ3) is 8.90. The van der Waals surface area contributed by atoms with Gasteiger partial charge in [0.05, 0.1) is 0 Å². The zero-order valence-corrected chi connectivity index (χ0v) is 12.4. The molecule has 0 unspecified atom stereocenters. The fourth-order valence-electron chi connectivity index (χ4n) is 1.45. The number of rotatable bonds is 4. The molecule has 1 heterocycles. The van der Waals surface area contributed by atoms with Gasteiger partial charge in [0.1, 0.15) is 5.78 Å². The first-order chi connectivity index (χ1) is 8.52. The zero-order valence-electron chi connectivity index (χ0n) is 12.4. The van der Waals surface area contributed by atoms with Gasteiger partial charge in [-0.2, -0.15) is 0 Å². The van der Waals surface area contributed by atoms with Crippen molar-refractivity contribution in [3.8, 4) is 0 Å². The number of hydrogen-bond donors (Lipinski definition) is 0. The zero-order chi connectivity index (χ0) is 14.6. The van der Waals surface area contributed by atoms with E-state index in [-0.39, 0.29) is 17.6 Å². The predicted molar refractivity (Wildman–Crippen MR) is 73.2 cm³/mol. The van der Waals surface area contributed by atoms with Gasteiger partial charge in [0.2, 0.25) is 11.8 Å². The van der Waals surface area contributed by atoms with Crippen LogP contribution in [-0.2, 0) is 14.4 Å². The number of likely N-dealkylation sites (tertiary alicyclic amines) is 1. The number of Topliss-reactive ketones (excluding diaryl/α,β-unsaturated/α-hetero) is 1. The first-order valence-electron chi connectivity index (χ1n) is 6.85. The molecule has 4 heteroatoms. The van der Waals surface area contributed by atoms with Crippen molar-refractivity contribution < 1.29 is 14.4 Å². The molecule has 2 amide bonds. The number of hydrogen-bond acceptors (Lipinski definition) is 3. The van der Waals surface area contributed by atoms with E-state index in [2.05, 4.69) is 0 Å². The summed E-state index contributed by atoms with van der Waals surface area (Å²) in [6.45, 7) is 10.2. The predicted octanol–water partition coefficient (Wildman–Crippen LogP) is 2.95. The molecule has 0 atom stereocenters. The van der Waals surface area contributed by atoms with Gasteiger partial charge in [0, 0.05) is 25.8 Å². The summed E-state index contributed by atoms with van der Waals surface area (Å²) in [5.74, 6) is 0.274. The van der Waals surface area contributed by atoms with Crippen LogP contribution in [0.3, 0.4) is 0 Å². The lowest BCUT2D eigenvalue weighted by Gasteiger charge is -2.10. The van der Waals surface area contributed by atoms with Gasteiger partial charge >= 0.3 is 0 Å². The van der Waals surface area contributed by atoms with Crippen molar-refractivity contribution >= 4 is 17.6 Å². The van der Waals surface area contributed by atoms with Crippen LogP contribution in [-0.4, -0.2) is 29.0 Å². The molecule has 1 saturated heterocycles. The van der Waals surface area contributed by atoms with Crippen LogP contribution >= 0.6 is 0 Å². The minimum atomic E-state index is -0.00755. The summed E-state index contributed by atoms with van der Waals surface area (Å²) in [6.07, 6.45) is 3.41. The Balaban J connectivity index is 0. The molecule has 1 aliphatic rings. The second-order valence-corrected chi connectivity index (χ2v) is 3.89. The first kappa shape index (κ1) is 19.2. The summed E-state index contributed by atoms with van der Waals surface area (Å²) in [5.41, 5.74) is 0. The molecule has 0 aliphatic carbocycles. The van der Waals surface area contributed by atoms with E-state index in [9.17, 15) is 14.4 Å². The largest absolute Gasteiger partial charge is 0.300 e. The van der Waals surface area contributed by atoms with Gasteiger partial charge in [-0.15, -0.1) is 0 Å². The second kappa shape index (κ2) is 12.3. The summed E-state index contributed by atoms with van der Waals surface area (Å²) in [6, 6.07) is 0. The number of ketones is 1. The van der Waals surface area contributed by atoms with E-state index in [1.165, 1.54) is 4.90 Å². The van der Waals surface area contributed by atoms with Gasteiger partial charge in [0.25, 0.3) is 0 Å². The smallest absolute Gasteiger partial charge is 0.229 e. The molecule has 0 bridgehead atoms. The highest BCUT2D eigenvalue weighted by atomic mass is 16.2. The Labute approximate surface area is 111 Å². The van der Waals surface area contributed by atoms with Crippen LogP contribution in [0.5, 0.6) is 0 Å². The standard InChI is InChI=1S/C7H11NO2.C5H10O.C2H6/c1-2-5-8-6(9)3-4-7(8)10;1-3-4-5(2)6;1-2/h2-5H2,1H3;3-4H2,1-2H3;1-2H3. The Morgan fingerprint density at radius 3 is 1.72 bits per heavy atom. The van der Waals surface area contributed by atoms with Gasteiger partial charge in [-0.1, -0.05) is 27.7 Å². The Hall–Kier alpha value is -1.19. The summed E-state index contributed by atoms with van der Waals surface area (Å²) in [4.78, 5) is 33.2. The van der Waals surface area contributed by atoms with Crippen molar-refractivity contribution in [2.75, 3.05) is 6.54 Å². The number of amides is 2. The highest BCUT2D eigenvalue weighted by Crippen LogP contribution is 2.11. The molecule has 0 spiro atoms. The van der Waals surface area contributed by atoms with Crippen molar-refractivity contribution in [2.24, 2.45) is 0 Å². The topological polar surface area (TPSA) is 54.5 Å². The fraction of sp³-hybridized carbons (Fsp3) is 0.786. The second-order valence-electron chi connectivity index (χ2n) is 3.89. The lowest BCUT2D eigenvalue weighted by Crippen LogP contribution is -2.29. The van der Waals surface area contributed by atoms with E-state index >= 15 is 0 Å². The monoisotopic (exact) mass is 257 g/mol. The molecular formula is C14H27NO3. The summed E-state index contributed by atoms with van der Waals surface area (Å²) >= 11 is 0. The van der Waals surface area contributed by atoms with Crippen LogP contribution in [0.15, 0.2) is 0 Å². The van der Waals surface area contributed by atoms with E-state index < -0.39 is 0 Å². The molecule has 1 rings (SSSR count). The van der Waals surface area contributed by atoms with Crippen LogP contribution in [0.1, 0.15) is 66.7 Å². The van der Waals surface area contributed by atoms with Crippen LogP contribution in [0.25, 0.3) is 0 Å². The average Bonchev–Trinajstić information content (AvgIpc) is 2.65. The Kier molecular flexibility index (Phi) is 13.1. The third-order valence-corrected chi connectivity index (χ3v) is 2.20. The number of nitrogens with zero attached hydrogens (tertiary/aromatic N) is 1.